The lowest BCUT2D eigenvalue weighted by atomic mass is 9.95. The van der Waals surface area contributed by atoms with Gasteiger partial charge in [0.25, 0.3) is 0 Å². The summed E-state index contributed by atoms with van der Waals surface area (Å²) in [6, 6.07) is 6.12. The van der Waals surface area contributed by atoms with Crippen LogP contribution in [-0.4, -0.2) is 19.7 Å². The predicted octanol–water partition coefficient (Wildman–Crippen LogP) is 3.92. The van der Waals surface area contributed by atoms with Crippen LogP contribution < -0.4 is 10.1 Å². The van der Waals surface area contributed by atoms with Crippen LogP contribution in [0.5, 0.6) is 5.75 Å². The van der Waals surface area contributed by atoms with E-state index >= 15 is 0 Å². The Kier molecular flexibility index (Phi) is 5.51. The average Bonchev–Trinajstić information content (AvgIpc) is 2.40. The van der Waals surface area contributed by atoms with Gasteiger partial charge in [-0.05, 0) is 63.7 Å². The van der Waals surface area contributed by atoms with Crippen LogP contribution in [0.3, 0.4) is 0 Å². The van der Waals surface area contributed by atoms with Crippen LogP contribution >= 0.6 is 15.9 Å². The lowest BCUT2D eigenvalue weighted by Gasteiger charge is -2.22. The molecule has 0 spiro atoms. The summed E-state index contributed by atoms with van der Waals surface area (Å²) >= 11 is 3.53. The third-order valence-electron chi connectivity index (χ3n) is 3.63. The Labute approximate surface area is 118 Å². The summed E-state index contributed by atoms with van der Waals surface area (Å²) in [5.74, 6) is 1.86. The Balaban J connectivity index is 1.70. The maximum atomic E-state index is 5.86. The van der Waals surface area contributed by atoms with E-state index in [9.17, 15) is 0 Å². The van der Waals surface area contributed by atoms with Gasteiger partial charge in [0, 0.05) is 10.0 Å². The van der Waals surface area contributed by atoms with E-state index in [-0.39, 0.29) is 0 Å². The molecule has 0 aromatic heterocycles. The van der Waals surface area contributed by atoms with Crippen LogP contribution in [0.25, 0.3) is 0 Å². The van der Waals surface area contributed by atoms with Crippen molar-refractivity contribution in [1.29, 1.82) is 0 Å². The maximum absolute atomic E-state index is 5.86. The molecule has 1 saturated heterocycles. The van der Waals surface area contributed by atoms with Crippen molar-refractivity contribution in [1.82, 2.24) is 5.32 Å². The van der Waals surface area contributed by atoms with Crippen molar-refractivity contribution in [2.75, 3.05) is 19.7 Å². The number of nitrogens with one attached hydrogen (secondary N) is 1. The molecule has 1 aliphatic rings. The lowest BCUT2D eigenvalue weighted by molar-refractivity contribution is 0.274. The summed E-state index contributed by atoms with van der Waals surface area (Å²) in [6.07, 6.45) is 5.14. The summed E-state index contributed by atoms with van der Waals surface area (Å²) in [6.45, 7) is 5.30. The smallest absolute Gasteiger partial charge is 0.123 e. The number of hydrogen-bond acceptors (Lipinski definition) is 2. The Morgan fingerprint density at radius 2 is 2.33 bits per heavy atom. The van der Waals surface area contributed by atoms with Crippen molar-refractivity contribution in [3.8, 4) is 5.75 Å². The van der Waals surface area contributed by atoms with Gasteiger partial charge in [0.05, 0.1) is 6.61 Å². The quantitative estimate of drug-likeness (QED) is 0.832. The largest absolute Gasteiger partial charge is 0.493 e. The zero-order valence-corrected chi connectivity index (χ0v) is 12.6. The van der Waals surface area contributed by atoms with Crippen molar-refractivity contribution in [3.05, 3.63) is 28.2 Å². The third-order valence-corrected chi connectivity index (χ3v) is 4.49. The molecule has 1 unspecified atom stereocenters. The molecule has 1 aromatic rings. The van der Waals surface area contributed by atoms with Gasteiger partial charge < -0.3 is 10.1 Å². The Morgan fingerprint density at radius 3 is 3.11 bits per heavy atom. The van der Waals surface area contributed by atoms with Gasteiger partial charge in [0.2, 0.25) is 0 Å². The zero-order valence-electron chi connectivity index (χ0n) is 11.0. The third kappa shape index (κ3) is 3.99. The van der Waals surface area contributed by atoms with Crippen molar-refractivity contribution in [2.24, 2.45) is 5.92 Å². The first-order valence-corrected chi connectivity index (χ1v) is 7.65. The molecule has 1 N–H and O–H groups in total. The fraction of sp³-hybridized carbons (Fsp3) is 0.600. The highest BCUT2D eigenvalue weighted by atomic mass is 79.9. The van der Waals surface area contributed by atoms with E-state index in [1.54, 1.807) is 0 Å². The van der Waals surface area contributed by atoms with Crippen molar-refractivity contribution < 1.29 is 4.74 Å². The molecule has 0 aliphatic carbocycles. The number of ether oxygens (including phenoxy) is 1. The number of rotatable bonds is 5. The van der Waals surface area contributed by atoms with Crippen molar-refractivity contribution in [3.63, 3.8) is 0 Å². The fourth-order valence-electron chi connectivity index (χ4n) is 2.47. The molecule has 3 heteroatoms. The summed E-state index contributed by atoms with van der Waals surface area (Å²) in [5, 5.41) is 3.46. The molecule has 1 heterocycles. The SMILES string of the molecule is Cc1c(Br)cccc1OCCCC1CCCNC1. The summed E-state index contributed by atoms with van der Waals surface area (Å²) in [5.41, 5.74) is 1.19. The normalized spacial score (nSPS) is 19.8. The van der Waals surface area contributed by atoms with Gasteiger partial charge in [-0.2, -0.15) is 0 Å². The number of halogens is 1. The highest BCUT2D eigenvalue weighted by molar-refractivity contribution is 9.10. The van der Waals surface area contributed by atoms with Gasteiger partial charge in [0.1, 0.15) is 5.75 Å². The van der Waals surface area contributed by atoms with Crippen LogP contribution in [0.2, 0.25) is 0 Å². The highest BCUT2D eigenvalue weighted by Crippen LogP contribution is 2.25. The van der Waals surface area contributed by atoms with E-state index in [4.69, 9.17) is 4.74 Å². The molecular formula is C15H22BrNO. The Morgan fingerprint density at radius 1 is 1.44 bits per heavy atom. The maximum Gasteiger partial charge on any atom is 0.123 e. The molecule has 1 aliphatic heterocycles. The number of piperidine rings is 1. The average molecular weight is 312 g/mol. The second-order valence-electron chi connectivity index (χ2n) is 5.07. The van der Waals surface area contributed by atoms with Gasteiger partial charge in [-0.15, -0.1) is 0 Å². The van der Waals surface area contributed by atoms with E-state index in [1.807, 2.05) is 12.1 Å². The lowest BCUT2D eigenvalue weighted by Crippen LogP contribution is -2.29. The predicted molar refractivity (Wildman–Crippen MR) is 79.2 cm³/mol. The van der Waals surface area contributed by atoms with Crippen LogP contribution in [0.15, 0.2) is 22.7 Å². The van der Waals surface area contributed by atoms with E-state index in [0.717, 1.165) is 29.2 Å². The molecule has 2 nitrogen and oxygen atoms in total. The molecule has 1 atom stereocenters. The van der Waals surface area contributed by atoms with E-state index in [2.05, 4.69) is 34.2 Å². The minimum atomic E-state index is 0.827. The van der Waals surface area contributed by atoms with Crippen molar-refractivity contribution in [2.45, 2.75) is 32.6 Å². The summed E-state index contributed by atoms with van der Waals surface area (Å²) in [7, 11) is 0. The van der Waals surface area contributed by atoms with Gasteiger partial charge in [0.15, 0.2) is 0 Å². The molecule has 1 fully saturated rings. The molecule has 100 valence electrons. The molecule has 0 radical (unpaired) electrons. The van der Waals surface area contributed by atoms with E-state index < -0.39 is 0 Å². The Bertz CT molecular complexity index is 375. The number of benzene rings is 1. The topological polar surface area (TPSA) is 21.3 Å². The van der Waals surface area contributed by atoms with Gasteiger partial charge in [-0.3, -0.25) is 0 Å². The molecule has 1 aromatic carbocycles. The first-order valence-electron chi connectivity index (χ1n) is 6.86. The summed E-state index contributed by atoms with van der Waals surface area (Å²) in [4.78, 5) is 0. The van der Waals surface area contributed by atoms with Crippen molar-refractivity contribution >= 4 is 15.9 Å². The standard InChI is InChI=1S/C15H22BrNO/c1-12-14(16)7-2-8-15(12)18-10-4-6-13-5-3-9-17-11-13/h2,7-8,13,17H,3-6,9-11H2,1H3. The molecule has 0 saturated carbocycles. The molecular weight excluding hydrogens is 290 g/mol. The monoisotopic (exact) mass is 311 g/mol. The molecule has 0 bridgehead atoms. The van der Waals surface area contributed by atoms with Crippen LogP contribution in [0, 0.1) is 12.8 Å². The van der Waals surface area contributed by atoms with Crippen LogP contribution in [0.1, 0.15) is 31.2 Å². The van der Waals surface area contributed by atoms with Crippen LogP contribution in [0.4, 0.5) is 0 Å². The molecule has 2 rings (SSSR count). The molecule has 18 heavy (non-hydrogen) atoms. The van der Waals surface area contributed by atoms with Crippen LogP contribution in [-0.2, 0) is 0 Å². The second-order valence-corrected chi connectivity index (χ2v) is 5.92. The summed E-state index contributed by atoms with van der Waals surface area (Å²) < 4.78 is 6.98. The number of hydrogen-bond donors (Lipinski definition) is 1. The van der Waals surface area contributed by atoms with E-state index in [0.29, 0.717) is 0 Å². The minimum absolute atomic E-state index is 0.827. The second kappa shape index (κ2) is 7.15. The zero-order chi connectivity index (χ0) is 12.8. The Hall–Kier alpha value is -0.540. The van der Waals surface area contributed by atoms with E-state index in [1.165, 1.54) is 37.9 Å². The molecule has 0 amide bonds. The first-order chi connectivity index (χ1) is 8.77. The minimum Gasteiger partial charge on any atom is -0.493 e. The highest BCUT2D eigenvalue weighted by Gasteiger charge is 2.12. The fourth-order valence-corrected chi connectivity index (χ4v) is 2.82. The first kappa shape index (κ1) is 13.9. The van der Waals surface area contributed by atoms with Gasteiger partial charge >= 0.3 is 0 Å². The van der Waals surface area contributed by atoms with Gasteiger partial charge in [-0.25, -0.2) is 0 Å². The van der Waals surface area contributed by atoms with Gasteiger partial charge in [-0.1, -0.05) is 22.0 Å².